The summed E-state index contributed by atoms with van der Waals surface area (Å²) >= 11 is 9.29. The van der Waals surface area contributed by atoms with E-state index in [2.05, 4.69) is 20.7 Å². The van der Waals surface area contributed by atoms with Crippen LogP contribution < -0.4 is 10.5 Å². The lowest BCUT2D eigenvalue weighted by atomic mass is 10.2. The Hall–Kier alpha value is -1.24. The lowest BCUT2D eigenvalue weighted by molar-refractivity contribution is 0.601. The Kier molecular flexibility index (Phi) is 4.51. The van der Waals surface area contributed by atoms with Gasteiger partial charge < -0.3 is 5.73 Å². The largest absolute Gasteiger partial charge is 0.397 e. The van der Waals surface area contributed by atoms with E-state index < -0.39 is 10.0 Å². The summed E-state index contributed by atoms with van der Waals surface area (Å²) in [6, 6.07) is 8.17. The van der Waals surface area contributed by atoms with Gasteiger partial charge in [-0.05, 0) is 55.3 Å². The second kappa shape index (κ2) is 5.87. The lowest BCUT2D eigenvalue weighted by Crippen LogP contribution is -2.13. The van der Waals surface area contributed by atoms with Crippen molar-refractivity contribution in [1.29, 1.82) is 0 Å². The molecule has 0 spiro atoms. The quantitative estimate of drug-likeness (QED) is 0.776. The first-order valence-corrected chi connectivity index (χ1v) is 8.70. The summed E-state index contributed by atoms with van der Waals surface area (Å²) in [6.07, 6.45) is 0. The van der Waals surface area contributed by atoms with Crippen LogP contribution in [0.4, 0.5) is 11.4 Å². The van der Waals surface area contributed by atoms with Crippen molar-refractivity contribution < 1.29 is 8.42 Å². The monoisotopic (exact) mass is 388 g/mol. The van der Waals surface area contributed by atoms with E-state index in [0.717, 1.165) is 10.0 Å². The summed E-state index contributed by atoms with van der Waals surface area (Å²) in [5.41, 5.74) is 8.00. The fourth-order valence-corrected chi connectivity index (χ4v) is 3.80. The van der Waals surface area contributed by atoms with Crippen LogP contribution in [-0.4, -0.2) is 8.42 Å². The normalized spacial score (nSPS) is 11.4. The number of hydrogen-bond donors (Lipinski definition) is 2. The first-order chi connectivity index (χ1) is 9.69. The molecule has 0 saturated carbocycles. The molecule has 0 aliphatic heterocycles. The lowest BCUT2D eigenvalue weighted by Gasteiger charge is -2.11. The number of sulfonamides is 1. The van der Waals surface area contributed by atoms with Crippen LogP contribution in [0, 0.1) is 13.8 Å². The molecular formula is C14H14BrClN2O2S. The molecule has 21 heavy (non-hydrogen) atoms. The molecule has 112 valence electrons. The average Bonchev–Trinajstić information content (AvgIpc) is 2.33. The van der Waals surface area contributed by atoms with Gasteiger partial charge in [-0.25, -0.2) is 8.42 Å². The van der Waals surface area contributed by atoms with Crippen LogP contribution >= 0.6 is 27.5 Å². The molecule has 2 aromatic carbocycles. The highest BCUT2D eigenvalue weighted by molar-refractivity contribution is 9.10. The highest BCUT2D eigenvalue weighted by Crippen LogP contribution is 2.28. The van der Waals surface area contributed by atoms with Gasteiger partial charge in [-0.1, -0.05) is 27.5 Å². The van der Waals surface area contributed by atoms with Crippen molar-refractivity contribution in [1.82, 2.24) is 0 Å². The number of hydrogen-bond acceptors (Lipinski definition) is 3. The van der Waals surface area contributed by atoms with Gasteiger partial charge in [0.25, 0.3) is 10.0 Å². The van der Waals surface area contributed by atoms with Crippen LogP contribution in [0.15, 0.2) is 39.7 Å². The van der Waals surface area contributed by atoms with E-state index in [0.29, 0.717) is 16.3 Å². The second-order valence-corrected chi connectivity index (χ2v) is 7.74. The van der Waals surface area contributed by atoms with Gasteiger partial charge in [-0.15, -0.1) is 0 Å². The number of anilines is 2. The number of rotatable bonds is 3. The van der Waals surface area contributed by atoms with Crippen LogP contribution in [0.2, 0.25) is 5.02 Å². The molecule has 2 rings (SSSR count). The van der Waals surface area contributed by atoms with E-state index in [9.17, 15) is 8.42 Å². The zero-order valence-electron chi connectivity index (χ0n) is 11.4. The summed E-state index contributed by atoms with van der Waals surface area (Å²) in [4.78, 5) is 0.0829. The number of halogens is 2. The Balaban J connectivity index is 2.43. The molecule has 0 aliphatic rings. The second-order valence-electron chi connectivity index (χ2n) is 4.77. The van der Waals surface area contributed by atoms with Gasteiger partial charge in [0.15, 0.2) is 0 Å². The van der Waals surface area contributed by atoms with Gasteiger partial charge in [0.2, 0.25) is 0 Å². The van der Waals surface area contributed by atoms with E-state index in [1.165, 1.54) is 12.1 Å². The van der Waals surface area contributed by atoms with E-state index in [4.69, 9.17) is 17.3 Å². The van der Waals surface area contributed by atoms with Crippen molar-refractivity contribution in [3.05, 3.63) is 51.0 Å². The summed E-state index contributed by atoms with van der Waals surface area (Å²) in [5, 5.41) is 0.368. The standard InChI is InChI=1S/C14H14BrClN2O2S/c1-8-3-10(15)6-11(4-8)18-21(19,20)12-5-9(2)14(16)13(17)7-12/h3-7,18H,17H2,1-2H3. The average molecular weight is 390 g/mol. The van der Waals surface area contributed by atoms with Crippen LogP contribution in [-0.2, 0) is 10.0 Å². The van der Waals surface area contributed by atoms with E-state index in [1.807, 2.05) is 13.0 Å². The van der Waals surface area contributed by atoms with Crippen LogP contribution in [0.3, 0.4) is 0 Å². The Morgan fingerprint density at radius 3 is 2.38 bits per heavy atom. The fraction of sp³-hybridized carbons (Fsp3) is 0.143. The third-order valence-corrected chi connectivity index (χ3v) is 5.20. The highest BCUT2D eigenvalue weighted by Gasteiger charge is 2.17. The molecule has 0 radical (unpaired) electrons. The van der Waals surface area contributed by atoms with Crippen molar-refractivity contribution >= 4 is 48.9 Å². The van der Waals surface area contributed by atoms with Gasteiger partial charge in [-0.2, -0.15) is 0 Å². The molecule has 0 amide bonds. The molecule has 0 fully saturated rings. The molecule has 0 aliphatic carbocycles. The van der Waals surface area contributed by atoms with Crippen molar-refractivity contribution in [3.8, 4) is 0 Å². The Morgan fingerprint density at radius 1 is 1.14 bits per heavy atom. The summed E-state index contributed by atoms with van der Waals surface area (Å²) in [7, 11) is -3.72. The number of nitrogens with one attached hydrogen (secondary N) is 1. The summed E-state index contributed by atoms with van der Waals surface area (Å²) < 4.78 is 28.2. The number of nitrogen functional groups attached to an aromatic ring is 1. The molecule has 0 bridgehead atoms. The molecule has 0 saturated heterocycles. The first-order valence-electron chi connectivity index (χ1n) is 6.04. The molecule has 3 N–H and O–H groups in total. The fourth-order valence-electron chi connectivity index (χ4n) is 1.93. The topological polar surface area (TPSA) is 72.2 Å². The van der Waals surface area contributed by atoms with E-state index in [-0.39, 0.29) is 10.6 Å². The van der Waals surface area contributed by atoms with E-state index >= 15 is 0 Å². The van der Waals surface area contributed by atoms with Crippen molar-refractivity contribution in [2.45, 2.75) is 18.7 Å². The minimum absolute atomic E-state index is 0.0829. The first kappa shape index (κ1) is 16.1. The van der Waals surface area contributed by atoms with Crippen molar-refractivity contribution in [2.24, 2.45) is 0 Å². The Bertz CT molecular complexity index is 763. The third-order valence-electron chi connectivity index (χ3n) is 2.86. The molecule has 0 heterocycles. The highest BCUT2D eigenvalue weighted by atomic mass is 79.9. The Labute approximate surface area is 137 Å². The third kappa shape index (κ3) is 3.70. The smallest absolute Gasteiger partial charge is 0.261 e. The SMILES string of the molecule is Cc1cc(Br)cc(NS(=O)(=O)c2cc(C)c(Cl)c(N)c2)c1. The number of nitrogens with two attached hydrogens (primary N) is 1. The number of benzene rings is 2. The summed E-state index contributed by atoms with van der Waals surface area (Å²) in [5.74, 6) is 0. The Morgan fingerprint density at radius 2 is 1.81 bits per heavy atom. The predicted molar refractivity (Wildman–Crippen MR) is 90.3 cm³/mol. The van der Waals surface area contributed by atoms with Gasteiger partial charge in [0.05, 0.1) is 21.3 Å². The minimum Gasteiger partial charge on any atom is -0.397 e. The molecule has 7 heteroatoms. The zero-order valence-corrected chi connectivity index (χ0v) is 14.6. The molecule has 0 unspecified atom stereocenters. The van der Waals surface area contributed by atoms with Crippen LogP contribution in [0.1, 0.15) is 11.1 Å². The van der Waals surface area contributed by atoms with Gasteiger partial charge in [0, 0.05) is 4.47 Å². The molecule has 0 atom stereocenters. The molecule has 0 aromatic heterocycles. The van der Waals surface area contributed by atoms with Gasteiger partial charge in [-0.3, -0.25) is 4.72 Å². The maximum absolute atomic E-state index is 12.4. The summed E-state index contributed by atoms with van der Waals surface area (Å²) in [6.45, 7) is 3.59. The van der Waals surface area contributed by atoms with E-state index in [1.54, 1.807) is 19.1 Å². The minimum atomic E-state index is -3.72. The van der Waals surface area contributed by atoms with Gasteiger partial charge in [0.1, 0.15) is 0 Å². The van der Waals surface area contributed by atoms with Crippen molar-refractivity contribution in [2.75, 3.05) is 10.5 Å². The van der Waals surface area contributed by atoms with Gasteiger partial charge >= 0.3 is 0 Å². The predicted octanol–water partition coefficient (Wildman–Crippen LogP) is 4.10. The zero-order chi connectivity index (χ0) is 15.8. The number of aryl methyl sites for hydroxylation is 2. The maximum atomic E-state index is 12.4. The van der Waals surface area contributed by atoms with Crippen molar-refractivity contribution in [3.63, 3.8) is 0 Å². The van der Waals surface area contributed by atoms with Crippen LogP contribution in [0.25, 0.3) is 0 Å². The van der Waals surface area contributed by atoms with Crippen LogP contribution in [0.5, 0.6) is 0 Å². The molecular weight excluding hydrogens is 376 g/mol. The molecule has 2 aromatic rings. The molecule has 4 nitrogen and oxygen atoms in total. The maximum Gasteiger partial charge on any atom is 0.261 e.